The van der Waals surface area contributed by atoms with Gasteiger partial charge >= 0.3 is 6.03 Å². The fourth-order valence-electron chi connectivity index (χ4n) is 2.94. The van der Waals surface area contributed by atoms with Gasteiger partial charge in [-0.2, -0.15) is 0 Å². The number of amides is 2. The first-order valence-corrected chi connectivity index (χ1v) is 8.39. The van der Waals surface area contributed by atoms with Crippen molar-refractivity contribution in [2.24, 2.45) is 5.92 Å². The second kappa shape index (κ2) is 7.09. The lowest BCUT2D eigenvalue weighted by Gasteiger charge is -2.33. The van der Waals surface area contributed by atoms with E-state index in [1.54, 1.807) is 17.0 Å². The molecule has 0 spiro atoms. The number of nitrogens with one attached hydrogen (secondary N) is 1. The SMILES string of the molecule is Cc1onc(NC(=O)N2CC/C(=C\c3ccc(F)cc3)C(C)C2)c1C. The normalized spacial score (nSPS) is 19.3. The molecule has 0 saturated carbocycles. The molecule has 2 heterocycles. The Kier molecular flexibility index (Phi) is 4.88. The van der Waals surface area contributed by atoms with Crippen LogP contribution in [0, 0.1) is 25.6 Å². The van der Waals surface area contributed by atoms with Crippen LogP contribution in [0.25, 0.3) is 6.08 Å². The van der Waals surface area contributed by atoms with Gasteiger partial charge in [0.25, 0.3) is 0 Å². The number of carbonyl (C=O) groups excluding carboxylic acids is 1. The smallest absolute Gasteiger partial charge is 0.323 e. The van der Waals surface area contributed by atoms with E-state index in [1.807, 2.05) is 13.8 Å². The summed E-state index contributed by atoms with van der Waals surface area (Å²) >= 11 is 0. The largest absolute Gasteiger partial charge is 0.359 e. The number of carbonyl (C=O) groups is 1. The summed E-state index contributed by atoms with van der Waals surface area (Å²) in [6.07, 6.45) is 2.88. The van der Waals surface area contributed by atoms with E-state index in [-0.39, 0.29) is 17.8 Å². The van der Waals surface area contributed by atoms with Crippen molar-refractivity contribution < 1.29 is 13.7 Å². The van der Waals surface area contributed by atoms with Gasteiger partial charge in [-0.25, -0.2) is 9.18 Å². The number of aromatic nitrogens is 1. The number of rotatable bonds is 2. The molecule has 25 heavy (non-hydrogen) atoms. The zero-order valence-electron chi connectivity index (χ0n) is 14.7. The van der Waals surface area contributed by atoms with Crippen molar-refractivity contribution in [3.63, 3.8) is 0 Å². The Morgan fingerprint density at radius 3 is 2.68 bits per heavy atom. The highest BCUT2D eigenvalue weighted by Gasteiger charge is 2.25. The lowest BCUT2D eigenvalue weighted by Crippen LogP contribution is -2.42. The first kappa shape index (κ1) is 17.2. The fourth-order valence-corrected chi connectivity index (χ4v) is 2.94. The molecule has 1 atom stereocenters. The van der Waals surface area contributed by atoms with E-state index < -0.39 is 0 Å². The van der Waals surface area contributed by atoms with Crippen molar-refractivity contribution in [1.82, 2.24) is 10.1 Å². The van der Waals surface area contributed by atoms with Crippen LogP contribution in [0.1, 0.15) is 30.2 Å². The van der Waals surface area contributed by atoms with Crippen LogP contribution in [0.3, 0.4) is 0 Å². The van der Waals surface area contributed by atoms with E-state index in [2.05, 4.69) is 23.5 Å². The minimum Gasteiger partial charge on any atom is -0.359 e. The third kappa shape index (κ3) is 3.90. The lowest BCUT2D eigenvalue weighted by molar-refractivity contribution is 0.197. The highest BCUT2D eigenvalue weighted by molar-refractivity contribution is 5.89. The van der Waals surface area contributed by atoms with Crippen LogP contribution in [0.4, 0.5) is 15.0 Å². The number of nitrogens with zero attached hydrogens (tertiary/aromatic N) is 2. The Bertz CT molecular complexity index is 796. The molecule has 1 aromatic carbocycles. The van der Waals surface area contributed by atoms with Gasteiger partial charge in [0.1, 0.15) is 11.6 Å². The maximum Gasteiger partial charge on any atom is 0.323 e. The van der Waals surface area contributed by atoms with Crippen LogP contribution in [0.15, 0.2) is 34.4 Å². The van der Waals surface area contributed by atoms with E-state index >= 15 is 0 Å². The Morgan fingerprint density at radius 2 is 2.08 bits per heavy atom. The third-order valence-electron chi connectivity index (χ3n) is 4.69. The van der Waals surface area contributed by atoms with Gasteiger partial charge in [-0.15, -0.1) is 0 Å². The minimum absolute atomic E-state index is 0.163. The number of benzene rings is 1. The standard InChI is InChI=1S/C19H22FN3O2/c1-12-11-23(19(24)21-18-13(2)14(3)25-22-18)9-8-16(12)10-15-4-6-17(20)7-5-15/h4-7,10,12H,8-9,11H2,1-3H3,(H,21,22,24)/b16-10+. The maximum atomic E-state index is 13.0. The van der Waals surface area contributed by atoms with Gasteiger partial charge in [-0.1, -0.05) is 35.9 Å². The van der Waals surface area contributed by atoms with Crippen molar-refractivity contribution in [3.05, 3.63) is 52.5 Å². The van der Waals surface area contributed by atoms with Crippen LogP contribution < -0.4 is 5.32 Å². The molecule has 1 aromatic heterocycles. The van der Waals surface area contributed by atoms with E-state index in [1.165, 1.54) is 17.7 Å². The number of hydrogen-bond acceptors (Lipinski definition) is 3. The molecular weight excluding hydrogens is 321 g/mol. The van der Waals surface area contributed by atoms with Crippen molar-refractivity contribution in [2.75, 3.05) is 18.4 Å². The van der Waals surface area contributed by atoms with Crippen LogP contribution in [0.2, 0.25) is 0 Å². The van der Waals surface area contributed by atoms with Crippen LogP contribution >= 0.6 is 0 Å². The number of hydrogen-bond donors (Lipinski definition) is 1. The van der Waals surface area contributed by atoms with Crippen molar-refractivity contribution in [3.8, 4) is 0 Å². The van der Waals surface area contributed by atoms with Gasteiger partial charge in [0.05, 0.1) is 0 Å². The highest BCUT2D eigenvalue weighted by Crippen LogP contribution is 2.26. The summed E-state index contributed by atoms with van der Waals surface area (Å²) in [5.41, 5.74) is 3.09. The predicted octanol–water partition coefficient (Wildman–Crippen LogP) is 4.39. The molecule has 2 amide bonds. The molecule has 3 rings (SSSR count). The summed E-state index contributed by atoms with van der Waals surface area (Å²) in [6, 6.07) is 6.29. The lowest BCUT2D eigenvalue weighted by atomic mass is 9.91. The minimum atomic E-state index is -0.236. The quantitative estimate of drug-likeness (QED) is 0.880. The summed E-state index contributed by atoms with van der Waals surface area (Å²) < 4.78 is 18.1. The molecular formula is C19H22FN3O2. The van der Waals surface area contributed by atoms with E-state index in [4.69, 9.17) is 4.52 Å². The van der Waals surface area contributed by atoms with Gasteiger partial charge < -0.3 is 9.42 Å². The number of piperidine rings is 1. The van der Waals surface area contributed by atoms with Gasteiger partial charge in [-0.3, -0.25) is 5.32 Å². The Balaban J connectivity index is 1.64. The van der Waals surface area contributed by atoms with Gasteiger partial charge in [0.15, 0.2) is 5.82 Å². The zero-order valence-corrected chi connectivity index (χ0v) is 14.7. The molecule has 132 valence electrons. The number of urea groups is 1. The van der Waals surface area contributed by atoms with E-state index in [0.717, 1.165) is 17.5 Å². The number of likely N-dealkylation sites (tertiary alicyclic amines) is 1. The third-order valence-corrected chi connectivity index (χ3v) is 4.69. The molecule has 2 aromatic rings. The Morgan fingerprint density at radius 1 is 1.36 bits per heavy atom. The average molecular weight is 343 g/mol. The first-order chi connectivity index (χ1) is 11.9. The molecule has 1 aliphatic heterocycles. The summed E-state index contributed by atoms with van der Waals surface area (Å²) in [5.74, 6) is 1.18. The molecule has 1 N–H and O–H groups in total. The van der Waals surface area contributed by atoms with Crippen LogP contribution in [-0.2, 0) is 0 Å². The van der Waals surface area contributed by atoms with Crippen molar-refractivity contribution in [1.29, 1.82) is 0 Å². The molecule has 6 heteroatoms. The number of aryl methyl sites for hydroxylation is 1. The fraction of sp³-hybridized carbons (Fsp3) is 0.368. The monoisotopic (exact) mass is 343 g/mol. The van der Waals surface area contributed by atoms with Gasteiger partial charge in [0.2, 0.25) is 0 Å². The number of halogens is 1. The number of anilines is 1. The van der Waals surface area contributed by atoms with Crippen molar-refractivity contribution >= 4 is 17.9 Å². The van der Waals surface area contributed by atoms with Crippen LogP contribution in [0.5, 0.6) is 0 Å². The summed E-state index contributed by atoms with van der Waals surface area (Å²) in [4.78, 5) is 14.2. The Labute approximate surface area is 146 Å². The Hall–Kier alpha value is -2.63. The molecule has 1 aliphatic rings. The molecule has 0 aliphatic carbocycles. The topological polar surface area (TPSA) is 58.4 Å². The maximum absolute atomic E-state index is 13.0. The van der Waals surface area contributed by atoms with E-state index in [0.29, 0.717) is 24.7 Å². The van der Waals surface area contributed by atoms with Gasteiger partial charge in [0, 0.05) is 18.7 Å². The van der Waals surface area contributed by atoms with Crippen LogP contribution in [-0.4, -0.2) is 29.2 Å². The second-order valence-corrected chi connectivity index (χ2v) is 6.51. The molecule has 1 saturated heterocycles. The molecule has 0 bridgehead atoms. The summed E-state index contributed by atoms with van der Waals surface area (Å²) in [5, 5.41) is 6.68. The second-order valence-electron chi connectivity index (χ2n) is 6.51. The summed E-state index contributed by atoms with van der Waals surface area (Å²) in [7, 11) is 0. The highest BCUT2D eigenvalue weighted by atomic mass is 19.1. The van der Waals surface area contributed by atoms with Gasteiger partial charge in [-0.05, 0) is 43.9 Å². The van der Waals surface area contributed by atoms with Crippen molar-refractivity contribution in [2.45, 2.75) is 27.2 Å². The first-order valence-electron chi connectivity index (χ1n) is 8.39. The molecule has 1 unspecified atom stereocenters. The average Bonchev–Trinajstić information content (AvgIpc) is 2.90. The zero-order chi connectivity index (χ0) is 18.0. The summed E-state index contributed by atoms with van der Waals surface area (Å²) in [6.45, 7) is 7.05. The molecule has 1 fully saturated rings. The van der Waals surface area contributed by atoms with E-state index in [9.17, 15) is 9.18 Å². The molecule has 5 nitrogen and oxygen atoms in total. The molecule has 0 radical (unpaired) electrons. The predicted molar refractivity (Wildman–Crippen MR) is 94.7 cm³/mol.